The van der Waals surface area contributed by atoms with Crippen molar-refractivity contribution in [2.45, 2.75) is 32.9 Å². The molecule has 21 heavy (non-hydrogen) atoms. The van der Waals surface area contributed by atoms with Gasteiger partial charge in [0.15, 0.2) is 0 Å². The highest BCUT2D eigenvalue weighted by Crippen LogP contribution is 2.14. The van der Waals surface area contributed by atoms with Crippen LogP contribution in [0, 0.1) is 5.92 Å². The van der Waals surface area contributed by atoms with Crippen LogP contribution in [0.5, 0.6) is 0 Å². The molecule has 0 bridgehead atoms. The minimum absolute atomic E-state index is 0.0578. The van der Waals surface area contributed by atoms with Crippen LogP contribution in [0.15, 0.2) is 24.3 Å². The standard InChI is InChI=1S/C15H23N3O3/c1-9(2)13(14(19)21-4)18-15(20)17-12-7-5-11(6-8-12)10(3)16/h5-10,13H,16H2,1-4H3,(H2,17,18,20). The molecule has 0 fully saturated rings. The first-order valence-electron chi connectivity index (χ1n) is 6.86. The van der Waals surface area contributed by atoms with E-state index >= 15 is 0 Å². The van der Waals surface area contributed by atoms with Gasteiger partial charge < -0.3 is 21.1 Å². The summed E-state index contributed by atoms with van der Waals surface area (Å²) in [6.07, 6.45) is 0. The van der Waals surface area contributed by atoms with Crippen LogP contribution in [0.4, 0.5) is 10.5 Å². The maximum Gasteiger partial charge on any atom is 0.328 e. The highest BCUT2D eigenvalue weighted by Gasteiger charge is 2.24. The highest BCUT2D eigenvalue weighted by atomic mass is 16.5. The van der Waals surface area contributed by atoms with Gasteiger partial charge in [0, 0.05) is 11.7 Å². The second kappa shape index (κ2) is 7.64. The Bertz CT molecular complexity index is 483. The van der Waals surface area contributed by atoms with Crippen molar-refractivity contribution in [3.05, 3.63) is 29.8 Å². The number of anilines is 1. The second-order valence-electron chi connectivity index (χ2n) is 5.25. The van der Waals surface area contributed by atoms with Gasteiger partial charge >= 0.3 is 12.0 Å². The van der Waals surface area contributed by atoms with Gasteiger partial charge in [-0.1, -0.05) is 26.0 Å². The molecule has 116 valence electrons. The van der Waals surface area contributed by atoms with Gasteiger partial charge in [0.05, 0.1) is 7.11 Å². The van der Waals surface area contributed by atoms with Gasteiger partial charge in [0.2, 0.25) is 0 Å². The average Bonchev–Trinajstić information content (AvgIpc) is 2.44. The summed E-state index contributed by atoms with van der Waals surface area (Å²) in [4.78, 5) is 23.5. The van der Waals surface area contributed by atoms with Gasteiger partial charge in [-0.15, -0.1) is 0 Å². The molecular weight excluding hydrogens is 270 g/mol. The van der Waals surface area contributed by atoms with E-state index in [1.54, 1.807) is 12.1 Å². The van der Waals surface area contributed by atoms with Gasteiger partial charge in [0.25, 0.3) is 0 Å². The number of urea groups is 1. The van der Waals surface area contributed by atoms with Gasteiger partial charge in [-0.25, -0.2) is 9.59 Å². The fourth-order valence-corrected chi connectivity index (χ4v) is 1.80. The monoisotopic (exact) mass is 293 g/mol. The Kier molecular flexibility index (Phi) is 6.17. The van der Waals surface area contributed by atoms with E-state index in [1.807, 2.05) is 32.9 Å². The normalized spacial score (nSPS) is 13.4. The topological polar surface area (TPSA) is 93.4 Å². The molecule has 0 aliphatic rings. The predicted octanol–water partition coefficient (Wildman–Crippen LogP) is 2.03. The Morgan fingerprint density at radius 1 is 1.14 bits per heavy atom. The number of rotatable bonds is 5. The van der Waals surface area contributed by atoms with E-state index in [-0.39, 0.29) is 12.0 Å². The van der Waals surface area contributed by atoms with Crippen LogP contribution in [0.2, 0.25) is 0 Å². The molecule has 0 saturated heterocycles. The van der Waals surface area contributed by atoms with Crippen molar-refractivity contribution in [3.63, 3.8) is 0 Å². The summed E-state index contributed by atoms with van der Waals surface area (Å²) < 4.78 is 4.67. The number of hydrogen-bond donors (Lipinski definition) is 3. The molecule has 0 aliphatic heterocycles. The molecule has 1 rings (SSSR count). The van der Waals surface area contributed by atoms with E-state index in [0.717, 1.165) is 5.56 Å². The molecule has 0 aliphatic carbocycles. The first-order valence-corrected chi connectivity index (χ1v) is 6.86. The maximum atomic E-state index is 11.9. The highest BCUT2D eigenvalue weighted by molar-refractivity contribution is 5.92. The Labute approximate surface area is 125 Å². The lowest BCUT2D eigenvalue weighted by molar-refractivity contribution is -0.143. The van der Waals surface area contributed by atoms with Crippen molar-refractivity contribution in [1.29, 1.82) is 0 Å². The number of amides is 2. The molecule has 1 aromatic carbocycles. The number of carbonyl (C=O) groups excluding carboxylic acids is 2. The molecule has 6 nitrogen and oxygen atoms in total. The molecule has 1 aromatic rings. The van der Waals surface area contributed by atoms with Crippen LogP contribution in [-0.2, 0) is 9.53 Å². The third-order valence-corrected chi connectivity index (χ3v) is 3.10. The summed E-state index contributed by atoms with van der Waals surface area (Å²) >= 11 is 0. The van der Waals surface area contributed by atoms with Gasteiger partial charge in [-0.05, 0) is 30.5 Å². The van der Waals surface area contributed by atoms with E-state index in [1.165, 1.54) is 7.11 Å². The Balaban J connectivity index is 2.65. The summed E-state index contributed by atoms with van der Waals surface area (Å²) in [5.41, 5.74) is 7.37. The second-order valence-corrected chi connectivity index (χ2v) is 5.25. The molecule has 2 amide bonds. The fourth-order valence-electron chi connectivity index (χ4n) is 1.80. The van der Waals surface area contributed by atoms with E-state index < -0.39 is 18.0 Å². The van der Waals surface area contributed by atoms with Crippen LogP contribution >= 0.6 is 0 Å². The third-order valence-electron chi connectivity index (χ3n) is 3.10. The minimum atomic E-state index is -0.682. The number of methoxy groups -OCH3 is 1. The number of nitrogens with one attached hydrogen (secondary N) is 2. The van der Waals surface area contributed by atoms with Crippen molar-refractivity contribution < 1.29 is 14.3 Å². The van der Waals surface area contributed by atoms with E-state index in [0.29, 0.717) is 5.69 Å². The predicted molar refractivity (Wildman–Crippen MR) is 81.8 cm³/mol. The first-order chi connectivity index (χ1) is 9.85. The molecule has 2 unspecified atom stereocenters. The lowest BCUT2D eigenvalue weighted by Gasteiger charge is -2.20. The largest absolute Gasteiger partial charge is 0.467 e. The van der Waals surface area contributed by atoms with Crippen molar-refractivity contribution in [2.24, 2.45) is 11.7 Å². The van der Waals surface area contributed by atoms with E-state index in [2.05, 4.69) is 15.4 Å². The number of benzene rings is 1. The van der Waals surface area contributed by atoms with Gasteiger partial charge in [-0.3, -0.25) is 0 Å². The minimum Gasteiger partial charge on any atom is -0.467 e. The fraction of sp³-hybridized carbons (Fsp3) is 0.467. The summed E-state index contributed by atoms with van der Waals surface area (Å²) in [7, 11) is 1.30. The molecule has 0 saturated carbocycles. The molecule has 0 radical (unpaired) electrons. The smallest absolute Gasteiger partial charge is 0.328 e. The lowest BCUT2D eigenvalue weighted by atomic mass is 10.1. The van der Waals surface area contributed by atoms with Crippen molar-refractivity contribution >= 4 is 17.7 Å². The summed E-state index contributed by atoms with van der Waals surface area (Å²) in [6.45, 7) is 5.55. The molecule has 2 atom stereocenters. The zero-order valence-corrected chi connectivity index (χ0v) is 12.8. The van der Waals surface area contributed by atoms with Crippen LogP contribution < -0.4 is 16.4 Å². The molecular formula is C15H23N3O3. The molecule has 0 aromatic heterocycles. The van der Waals surface area contributed by atoms with Crippen LogP contribution in [0.1, 0.15) is 32.4 Å². The SMILES string of the molecule is COC(=O)C(NC(=O)Nc1ccc(C(C)N)cc1)C(C)C. The van der Waals surface area contributed by atoms with Gasteiger partial charge in [0.1, 0.15) is 6.04 Å². The van der Waals surface area contributed by atoms with Crippen LogP contribution in [0.3, 0.4) is 0 Å². The Hall–Kier alpha value is -2.08. The molecule has 6 heteroatoms. The number of carbonyl (C=O) groups is 2. The van der Waals surface area contributed by atoms with E-state index in [4.69, 9.17) is 5.73 Å². The van der Waals surface area contributed by atoms with Crippen LogP contribution in [-0.4, -0.2) is 25.2 Å². The van der Waals surface area contributed by atoms with Crippen molar-refractivity contribution in [2.75, 3.05) is 12.4 Å². The Morgan fingerprint density at radius 3 is 2.14 bits per heavy atom. The summed E-state index contributed by atoms with van der Waals surface area (Å²) in [5.74, 6) is -0.531. The quantitative estimate of drug-likeness (QED) is 0.724. The third kappa shape index (κ3) is 5.07. The molecule has 4 N–H and O–H groups in total. The van der Waals surface area contributed by atoms with E-state index in [9.17, 15) is 9.59 Å². The number of ether oxygens (including phenoxy) is 1. The lowest BCUT2D eigenvalue weighted by Crippen LogP contribution is -2.46. The summed E-state index contributed by atoms with van der Waals surface area (Å²) in [5, 5.41) is 5.28. The molecule has 0 spiro atoms. The van der Waals surface area contributed by atoms with Gasteiger partial charge in [-0.2, -0.15) is 0 Å². The first kappa shape index (κ1) is 17.0. The maximum absolute atomic E-state index is 11.9. The zero-order valence-electron chi connectivity index (χ0n) is 12.8. The molecule has 0 heterocycles. The number of hydrogen-bond acceptors (Lipinski definition) is 4. The number of nitrogens with two attached hydrogens (primary N) is 1. The zero-order chi connectivity index (χ0) is 16.0. The Morgan fingerprint density at radius 2 is 1.71 bits per heavy atom. The summed E-state index contributed by atoms with van der Waals surface area (Å²) in [6, 6.07) is 6.03. The van der Waals surface area contributed by atoms with Crippen molar-refractivity contribution in [1.82, 2.24) is 5.32 Å². The number of esters is 1. The average molecular weight is 293 g/mol. The van der Waals surface area contributed by atoms with Crippen LogP contribution in [0.25, 0.3) is 0 Å². The van der Waals surface area contributed by atoms with Crippen molar-refractivity contribution in [3.8, 4) is 0 Å².